The van der Waals surface area contributed by atoms with E-state index in [9.17, 15) is 18.0 Å². The maximum atomic E-state index is 14.2. The van der Waals surface area contributed by atoms with Gasteiger partial charge in [-0.3, -0.25) is 4.79 Å². The molecule has 34 heavy (non-hydrogen) atoms. The first-order valence-corrected chi connectivity index (χ1v) is 10.7. The molecule has 3 aromatic carbocycles. The van der Waals surface area contributed by atoms with Gasteiger partial charge in [0.25, 0.3) is 5.91 Å². The Morgan fingerprint density at radius 1 is 1.15 bits per heavy atom. The van der Waals surface area contributed by atoms with Gasteiger partial charge in [0.2, 0.25) is 5.95 Å². The van der Waals surface area contributed by atoms with Crippen LogP contribution in [0.3, 0.4) is 0 Å². The molecule has 1 aliphatic rings. The SMILES string of the molecule is CC1(C)Cc2c(c(C(=O)Nc3cc(F)ccc3F)cc3[nH]c(Nc4c(F)cccc4Cl)nc23)O1. The number of ether oxygens (including phenoxy) is 1. The molecule has 0 saturated heterocycles. The zero-order valence-electron chi connectivity index (χ0n) is 18.0. The van der Waals surface area contributed by atoms with Crippen molar-refractivity contribution < 1.29 is 22.7 Å². The number of fused-ring (bicyclic) bond motifs is 3. The van der Waals surface area contributed by atoms with Crippen molar-refractivity contribution in [3.63, 3.8) is 0 Å². The Balaban J connectivity index is 1.58. The van der Waals surface area contributed by atoms with Crippen molar-refractivity contribution in [3.8, 4) is 5.75 Å². The Kier molecular flexibility index (Phi) is 5.16. The normalized spacial score (nSPS) is 14.1. The van der Waals surface area contributed by atoms with Gasteiger partial charge in [0.05, 0.1) is 33.0 Å². The van der Waals surface area contributed by atoms with E-state index in [1.807, 2.05) is 13.8 Å². The maximum Gasteiger partial charge on any atom is 0.259 e. The molecule has 0 atom stereocenters. The van der Waals surface area contributed by atoms with Gasteiger partial charge < -0.3 is 20.4 Å². The third kappa shape index (κ3) is 3.92. The Morgan fingerprint density at radius 2 is 1.94 bits per heavy atom. The Bertz CT molecular complexity index is 1450. The minimum absolute atomic E-state index is 0.0518. The second-order valence-electron chi connectivity index (χ2n) is 8.55. The third-order valence-electron chi connectivity index (χ3n) is 5.43. The quantitative estimate of drug-likeness (QED) is 0.314. The topological polar surface area (TPSA) is 79.0 Å². The number of imidazole rings is 1. The molecule has 0 radical (unpaired) electrons. The van der Waals surface area contributed by atoms with Crippen LogP contribution in [0.15, 0.2) is 42.5 Å². The van der Waals surface area contributed by atoms with Gasteiger partial charge in [-0.05, 0) is 44.2 Å². The van der Waals surface area contributed by atoms with Crippen LogP contribution in [0, 0.1) is 17.5 Å². The van der Waals surface area contributed by atoms with Crippen LogP contribution in [-0.2, 0) is 6.42 Å². The zero-order valence-corrected chi connectivity index (χ0v) is 18.8. The number of aromatic nitrogens is 2. The Labute approximate surface area is 197 Å². The number of amides is 1. The summed E-state index contributed by atoms with van der Waals surface area (Å²) in [6.45, 7) is 3.72. The molecule has 0 spiro atoms. The number of nitrogens with zero attached hydrogens (tertiary/aromatic N) is 1. The van der Waals surface area contributed by atoms with Gasteiger partial charge in [-0.15, -0.1) is 0 Å². The molecule has 1 aliphatic heterocycles. The fraction of sp³-hybridized carbons (Fsp3) is 0.167. The molecule has 3 N–H and O–H groups in total. The number of para-hydroxylation sites is 1. The number of aromatic amines is 1. The molecule has 4 aromatic rings. The first-order valence-electron chi connectivity index (χ1n) is 10.3. The Morgan fingerprint density at radius 3 is 2.71 bits per heavy atom. The third-order valence-corrected chi connectivity index (χ3v) is 5.75. The smallest absolute Gasteiger partial charge is 0.259 e. The summed E-state index contributed by atoms with van der Waals surface area (Å²) in [7, 11) is 0. The van der Waals surface area contributed by atoms with Gasteiger partial charge in [0.1, 0.15) is 28.8 Å². The monoisotopic (exact) mass is 486 g/mol. The Hall–Kier alpha value is -3.72. The average molecular weight is 487 g/mol. The van der Waals surface area contributed by atoms with Crippen molar-refractivity contribution in [2.75, 3.05) is 10.6 Å². The van der Waals surface area contributed by atoms with Crippen molar-refractivity contribution >= 4 is 45.9 Å². The summed E-state index contributed by atoms with van der Waals surface area (Å²) in [5, 5.41) is 5.41. The zero-order chi connectivity index (χ0) is 24.2. The van der Waals surface area contributed by atoms with Gasteiger partial charge in [0, 0.05) is 18.1 Å². The van der Waals surface area contributed by atoms with Gasteiger partial charge in [-0.25, -0.2) is 18.2 Å². The lowest BCUT2D eigenvalue weighted by molar-refractivity contribution is 0.101. The molecule has 2 heterocycles. The lowest BCUT2D eigenvalue weighted by Gasteiger charge is -2.18. The second-order valence-corrected chi connectivity index (χ2v) is 8.96. The molecule has 1 amide bonds. The predicted octanol–water partition coefficient (Wildman–Crippen LogP) is 6.34. The van der Waals surface area contributed by atoms with Crippen LogP contribution in [0.4, 0.5) is 30.5 Å². The molecule has 1 aromatic heterocycles. The van der Waals surface area contributed by atoms with E-state index in [0.29, 0.717) is 28.8 Å². The number of H-pyrrole nitrogens is 1. The number of halogens is 4. The van der Waals surface area contributed by atoms with E-state index in [2.05, 4.69) is 20.6 Å². The number of anilines is 3. The summed E-state index contributed by atoms with van der Waals surface area (Å²) < 4.78 is 47.9. The maximum absolute atomic E-state index is 14.2. The number of carbonyl (C=O) groups is 1. The van der Waals surface area contributed by atoms with Crippen molar-refractivity contribution in [2.45, 2.75) is 25.9 Å². The molecule has 0 fully saturated rings. The highest BCUT2D eigenvalue weighted by Gasteiger charge is 2.36. The second kappa shape index (κ2) is 7.95. The molecule has 0 saturated carbocycles. The minimum Gasteiger partial charge on any atom is -0.486 e. The molecule has 10 heteroatoms. The fourth-order valence-electron chi connectivity index (χ4n) is 3.97. The van der Waals surface area contributed by atoms with Crippen LogP contribution in [-0.4, -0.2) is 21.5 Å². The van der Waals surface area contributed by atoms with E-state index in [4.69, 9.17) is 16.3 Å². The predicted molar refractivity (Wildman–Crippen MR) is 124 cm³/mol. The van der Waals surface area contributed by atoms with Gasteiger partial charge >= 0.3 is 0 Å². The van der Waals surface area contributed by atoms with Crippen LogP contribution >= 0.6 is 11.6 Å². The molecule has 0 bridgehead atoms. The lowest BCUT2D eigenvalue weighted by atomic mass is 9.98. The minimum atomic E-state index is -0.775. The highest BCUT2D eigenvalue weighted by atomic mass is 35.5. The van der Waals surface area contributed by atoms with Crippen LogP contribution < -0.4 is 15.4 Å². The summed E-state index contributed by atoms with van der Waals surface area (Å²) in [6, 6.07) is 8.58. The van der Waals surface area contributed by atoms with Crippen molar-refractivity contribution in [1.82, 2.24) is 9.97 Å². The number of carbonyl (C=O) groups excluding carboxylic acids is 1. The van der Waals surface area contributed by atoms with Crippen LogP contribution in [0.2, 0.25) is 5.02 Å². The lowest BCUT2D eigenvalue weighted by Crippen LogP contribution is -2.25. The summed E-state index contributed by atoms with van der Waals surface area (Å²) in [6.07, 6.45) is 0.443. The number of nitrogens with one attached hydrogen (secondary N) is 3. The number of benzene rings is 3. The van der Waals surface area contributed by atoms with Gasteiger partial charge in [-0.1, -0.05) is 17.7 Å². The van der Waals surface area contributed by atoms with E-state index < -0.39 is 29.0 Å². The van der Waals surface area contributed by atoms with E-state index >= 15 is 0 Å². The van der Waals surface area contributed by atoms with E-state index in [0.717, 1.165) is 18.2 Å². The van der Waals surface area contributed by atoms with E-state index in [1.165, 1.54) is 24.3 Å². The van der Waals surface area contributed by atoms with Crippen LogP contribution in [0.1, 0.15) is 29.8 Å². The van der Waals surface area contributed by atoms with Crippen molar-refractivity contribution in [1.29, 1.82) is 0 Å². The summed E-state index contributed by atoms with van der Waals surface area (Å²) in [4.78, 5) is 20.6. The van der Waals surface area contributed by atoms with E-state index in [-0.39, 0.29) is 27.9 Å². The highest BCUT2D eigenvalue weighted by Crippen LogP contribution is 2.42. The van der Waals surface area contributed by atoms with Crippen LogP contribution in [0.5, 0.6) is 5.75 Å². The largest absolute Gasteiger partial charge is 0.486 e. The van der Waals surface area contributed by atoms with Crippen molar-refractivity contribution in [2.24, 2.45) is 0 Å². The van der Waals surface area contributed by atoms with E-state index in [1.54, 1.807) is 0 Å². The standard InChI is InChI=1S/C24H18ClF3N4O2/c1-24(2)10-13-19-18(30-23(31-19)32-20-14(25)4-3-5-16(20)28)9-12(21(13)34-24)22(33)29-17-8-11(26)6-7-15(17)27/h3-9H,10H2,1-2H3,(H,29,33)(H2,30,31,32). The average Bonchev–Trinajstić information content (AvgIpc) is 3.31. The molecule has 5 rings (SSSR count). The first kappa shape index (κ1) is 22.1. The molecule has 6 nitrogen and oxygen atoms in total. The summed E-state index contributed by atoms with van der Waals surface area (Å²) in [5.41, 5.74) is 0.918. The molecule has 0 unspecified atom stereocenters. The van der Waals surface area contributed by atoms with Gasteiger partial charge in [0.15, 0.2) is 0 Å². The molecular weight excluding hydrogens is 469 g/mol. The number of rotatable bonds is 4. The molecule has 0 aliphatic carbocycles. The number of hydrogen-bond acceptors (Lipinski definition) is 4. The van der Waals surface area contributed by atoms with Gasteiger partial charge in [-0.2, -0.15) is 0 Å². The fourth-order valence-corrected chi connectivity index (χ4v) is 4.18. The molecular formula is C24H18ClF3N4O2. The first-order chi connectivity index (χ1) is 16.1. The van der Waals surface area contributed by atoms with Crippen LogP contribution in [0.25, 0.3) is 11.0 Å². The number of hydrogen-bond donors (Lipinski definition) is 3. The summed E-state index contributed by atoms with van der Waals surface area (Å²) in [5.74, 6) is -2.19. The highest BCUT2D eigenvalue weighted by molar-refractivity contribution is 6.33. The summed E-state index contributed by atoms with van der Waals surface area (Å²) >= 11 is 6.10. The molecule has 174 valence electrons. The van der Waals surface area contributed by atoms with Crippen molar-refractivity contribution in [3.05, 3.63) is 76.1 Å².